The standard InChI is InChI=1S/C17H19ClN2O4S2/c1-11(2)20-17(22)16(21)19-10-14(12-5-7-13(18)8-6-12)26(23,24)15-4-3-9-25-15/h3-9,11,14H,10H2,1-2H3,(H,19,21)(H,20,22)/t14-/m1/s1. The zero-order valence-corrected chi connectivity index (χ0v) is 16.6. The first-order valence-corrected chi connectivity index (χ1v) is 10.6. The molecule has 0 aliphatic carbocycles. The second-order valence-corrected chi connectivity index (χ2v) is 9.60. The highest BCUT2D eigenvalue weighted by Gasteiger charge is 2.31. The number of thiophene rings is 1. The normalized spacial score (nSPS) is 12.6. The van der Waals surface area contributed by atoms with E-state index in [-0.39, 0.29) is 16.8 Å². The molecule has 0 radical (unpaired) electrons. The highest BCUT2D eigenvalue weighted by molar-refractivity contribution is 7.93. The van der Waals surface area contributed by atoms with Crippen molar-refractivity contribution in [3.63, 3.8) is 0 Å². The lowest BCUT2D eigenvalue weighted by molar-refractivity contribution is -0.139. The maximum absolute atomic E-state index is 13.0. The van der Waals surface area contributed by atoms with E-state index in [2.05, 4.69) is 10.6 Å². The quantitative estimate of drug-likeness (QED) is 0.710. The Morgan fingerprint density at radius 1 is 1.12 bits per heavy atom. The third-order valence-corrected chi connectivity index (χ3v) is 7.25. The smallest absolute Gasteiger partial charge is 0.309 e. The van der Waals surface area contributed by atoms with Crippen molar-refractivity contribution in [3.8, 4) is 0 Å². The van der Waals surface area contributed by atoms with Gasteiger partial charge in [-0.1, -0.05) is 29.8 Å². The van der Waals surface area contributed by atoms with Crippen LogP contribution in [-0.2, 0) is 19.4 Å². The van der Waals surface area contributed by atoms with Gasteiger partial charge in [-0.15, -0.1) is 11.3 Å². The fourth-order valence-electron chi connectivity index (χ4n) is 2.24. The molecular weight excluding hydrogens is 396 g/mol. The van der Waals surface area contributed by atoms with Crippen LogP contribution in [0.25, 0.3) is 0 Å². The van der Waals surface area contributed by atoms with Crippen molar-refractivity contribution in [2.75, 3.05) is 6.54 Å². The summed E-state index contributed by atoms with van der Waals surface area (Å²) >= 11 is 6.98. The maximum Gasteiger partial charge on any atom is 0.309 e. The molecule has 2 amide bonds. The van der Waals surface area contributed by atoms with Gasteiger partial charge < -0.3 is 10.6 Å². The fourth-order valence-corrected chi connectivity index (χ4v) is 5.24. The number of amides is 2. The Balaban J connectivity index is 2.26. The topological polar surface area (TPSA) is 92.3 Å². The molecule has 26 heavy (non-hydrogen) atoms. The predicted molar refractivity (Wildman–Crippen MR) is 102 cm³/mol. The number of halogens is 1. The number of nitrogens with one attached hydrogen (secondary N) is 2. The third kappa shape index (κ3) is 5.06. The number of benzene rings is 1. The summed E-state index contributed by atoms with van der Waals surface area (Å²) in [7, 11) is -3.74. The zero-order valence-electron chi connectivity index (χ0n) is 14.2. The van der Waals surface area contributed by atoms with E-state index in [1.54, 1.807) is 49.6 Å². The second-order valence-electron chi connectivity index (χ2n) is 5.86. The fraction of sp³-hybridized carbons (Fsp3) is 0.294. The summed E-state index contributed by atoms with van der Waals surface area (Å²) in [6.07, 6.45) is 0. The summed E-state index contributed by atoms with van der Waals surface area (Å²) in [5, 5.41) is 5.98. The van der Waals surface area contributed by atoms with Gasteiger partial charge in [0.2, 0.25) is 0 Å². The van der Waals surface area contributed by atoms with Crippen LogP contribution in [0, 0.1) is 0 Å². The molecule has 0 bridgehead atoms. The van der Waals surface area contributed by atoms with Crippen molar-refractivity contribution in [1.82, 2.24) is 10.6 Å². The van der Waals surface area contributed by atoms with Crippen molar-refractivity contribution < 1.29 is 18.0 Å². The minimum Gasteiger partial charge on any atom is -0.346 e. The van der Waals surface area contributed by atoms with E-state index in [9.17, 15) is 18.0 Å². The highest BCUT2D eigenvalue weighted by atomic mass is 35.5. The largest absolute Gasteiger partial charge is 0.346 e. The highest BCUT2D eigenvalue weighted by Crippen LogP contribution is 2.31. The average molecular weight is 415 g/mol. The van der Waals surface area contributed by atoms with E-state index in [0.717, 1.165) is 11.3 Å². The predicted octanol–water partition coefficient (Wildman–Crippen LogP) is 2.56. The van der Waals surface area contributed by atoms with Crippen LogP contribution in [0.4, 0.5) is 0 Å². The van der Waals surface area contributed by atoms with Crippen LogP contribution in [0.1, 0.15) is 24.7 Å². The Morgan fingerprint density at radius 3 is 2.31 bits per heavy atom. The van der Waals surface area contributed by atoms with E-state index >= 15 is 0 Å². The molecule has 0 saturated carbocycles. The number of carbonyl (C=O) groups is 2. The lowest BCUT2D eigenvalue weighted by atomic mass is 10.1. The van der Waals surface area contributed by atoms with E-state index in [0.29, 0.717) is 10.6 Å². The van der Waals surface area contributed by atoms with E-state index < -0.39 is 26.9 Å². The van der Waals surface area contributed by atoms with Crippen molar-refractivity contribution >= 4 is 44.6 Å². The second kappa shape index (κ2) is 8.66. The van der Waals surface area contributed by atoms with E-state index in [1.165, 1.54) is 6.07 Å². The summed E-state index contributed by atoms with van der Waals surface area (Å²) in [5.41, 5.74) is 0.479. The Labute approximate surface area is 161 Å². The number of hydrogen-bond acceptors (Lipinski definition) is 5. The van der Waals surface area contributed by atoms with Crippen LogP contribution in [0.3, 0.4) is 0 Å². The number of carbonyl (C=O) groups excluding carboxylic acids is 2. The molecule has 1 aromatic heterocycles. The molecule has 2 N–H and O–H groups in total. The molecule has 0 aliphatic heterocycles. The number of hydrogen-bond donors (Lipinski definition) is 2. The Hall–Kier alpha value is -1.90. The van der Waals surface area contributed by atoms with Gasteiger partial charge in [-0.25, -0.2) is 8.42 Å². The molecule has 140 valence electrons. The van der Waals surface area contributed by atoms with Crippen LogP contribution in [-0.4, -0.2) is 32.8 Å². The first-order chi connectivity index (χ1) is 12.2. The molecular formula is C17H19ClN2O4S2. The van der Waals surface area contributed by atoms with Crippen LogP contribution < -0.4 is 10.6 Å². The van der Waals surface area contributed by atoms with E-state index in [1.807, 2.05) is 0 Å². The Bertz CT molecular complexity index is 863. The van der Waals surface area contributed by atoms with Gasteiger partial charge in [0.1, 0.15) is 9.46 Å². The average Bonchev–Trinajstić information content (AvgIpc) is 3.11. The minimum atomic E-state index is -3.74. The molecule has 1 heterocycles. The van der Waals surface area contributed by atoms with Crippen LogP contribution in [0.2, 0.25) is 5.02 Å². The Morgan fingerprint density at radius 2 is 1.77 bits per heavy atom. The van der Waals surface area contributed by atoms with Crippen LogP contribution in [0.5, 0.6) is 0 Å². The summed E-state index contributed by atoms with van der Waals surface area (Å²) in [4.78, 5) is 23.7. The molecule has 1 atom stereocenters. The Kier molecular flexibility index (Phi) is 6.80. The van der Waals surface area contributed by atoms with Crippen LogP contribution >= 0.6 is 22.9 Å². The van der Waals surface area contributed by atoms with Gasteiger partial charge in [-0.05, 0) is 43.0 Å². The first kappa shape index (κ1) is 20.4. The van der Waals surface area contributed by atoms with Gasteiger partial charge >= 0.3 is 11.8 Å². The molecule has 9 heteroatoms. The van der Waals surface area contributed by atoms with Crippen LogP contribution in [0.15, 0.2) is 46.0 Å². The molecule has 0 unspecified atom stereocenters. The molecule has 0 fully saturated rings. The summed E-state index contributed by atoms with van der Waals surface area (Å²) < 4.78 is 26.1. The van der Waals surface area contributed by atoms with Gasteiger partial charge in [0.15, 0.2) is 9.84 Å². The summed E-state index contributed by atoms with van der Waals surface area (Å²) in [5.74, 6) is -1.68. The lowest BCUT2D eigenvalue weighted by Gasteiger charge is -2.18. The summed E-state index contributed by atoms with van der Waals surface area (Å²) in [6.45, 7) is 3.22. The van der Waals surface area contributed by atoms with Gasteiger partial charge in [0.05, 0.1) is 0 Å². The van der Waals surface area contributed by atoms with Gasteiger partial charge in [0.25, 0.3) is 0 Å². The van der Waals surface area contributed by atoms with E-state index in [4.69, 9.17) is 11.6 Å². The lowest BCUT2D eigenvalue weighted by Crippen LogP contribution is -2.44. The van der Waals surface area contributed by atoms with Gasteiger partial charge in [-0.3, -0.25) is 9.59 Å². The zero-order chi connectivity index (χ0) is 19.3. The molecule has 2 aromatic rings. The third-order valence-electron chi connectivity index (χ3n) is 3.47. The molecule has 0 aliphatic rings. The molecule has 1 aromatic carbocycles. The van der Waals surface area contributed by atoms with Gasteiger partial charge in [-0.2, -0.15) is 0 Å². The SMILES string of the molecule is CC(C)NC(=O)C(=O)NC[C@H](c1ccc(Cl)cc1)S(=O)(=O)c1cccs1. The molecule has 2 rings (SSSR count). The monoisotopic (exact) mass is 414 g/mol. The van der Waals surface area contributed by atoms with Crippen molar-refractivity contribution in [3.05, 3.63) is 52.4 Å². The molecule has 0 spiro atoms. The molecule has 6 nitrogen and oxygen atoms in total. The number of rotatable bonds is 6. The maximum atomic E-state index is 13.0. The molecule has 0 saturated heterocycles. The van der Waals surface area contributed by atoms with Crippen molar-refractivity contribution in [2.24, 2.45) is 0 Å². The first-order valence-electron chi connectivity index (χ1n) is 7.83. The van der Waals surface area contributed by atoms with Crippen molar-refractivity contribution in [1.29, 1.82) is 0 Å². The summed E-state index contributed by atoms with van der Waals surface area (Å²) in [6, 6.07) is 9.32. The van der Waals surface area contributed by atoms with Gasteiger partial charge in [0, 0.05) is 17.6 Å². The van der Waals surface area contributed by atoms with Crippen molar-refractivity contribution in [2.45, 2.75) is 29.3 Å². The number of sulfone groups is 1. The minimum absolute atomic E-state index is 0.193.